The van der Waals surface area contributed by atoms with Crippen LogP contribution in [-0.4, -0.2) is 26.2 Å². The molecule has 0 spiro atoms. The number of allylic oxidation sites excluding steroid dienone is 6. The van der Waals surface area contributed by atoms with Gasteiger partial charge in [0.1, 0.15) is 0 Å². The van der Waals surface area contributed by atoms with Crippen molar-refractivity contribution in [2.45, 2.75) is 53.9 Å². The molecule has 2 aliphatic carbocycles. The summed E-state index contributed by atoms with van der Waals surface area (Å²) in [5, 5.41) is 2.20. The lowest BCUT2D eigenvalue weighted by molar-refractivity contribution is 0.860. The normalized spacial score (nSPS) is 13.4. The van der Waals surface area contributed by atoms with Crippen LogP contribution in [-0.2, 0) is 0 Å². The number of anilines is 2. The maximum Gasteiger partial charge on any atom is 0.0439 e. The van der Waals surface area contributed by atoms with E-state index in [0.29, 0.717) is 0 Å². The van der Waals surface area contributed by atoms with Crippen molar-refractivity contribution in [1.29, 1.82) is 0 Å². The van der Waals surface area contributed by atoms with E-state index in [0.717, 1.165) is 26.2 Å². The van der Waals surface area contributed by atoms with Gasteiger partial charge < -0.3 is 9.80 Å². The lowest BCUT2D eigenvalue weighted by atomic mass is 9.84. The first-order valence-electron chi connectivity index (χ1n) is 13.8. The van der Waals surface area contributed by atoms with Crippen LogP contribution in [0.25, 0.3) is 0 Å². The van der Waals surface area contributed by atoms with Gasteiger partial charge in [0.25, 0.3) is 0 Å². The molecule has 0 radical (unpaired) electrons. The number of hydrogen-bond donors (Lipinski definition) is 0. The van der Waals surface area contributed by atoms with E-state index in [1.54, 1.807) is 0 Å². The molecule has 3 heteroatoms. The van der Waals surface area contributed by atoms with Crippen LogP contribution in [0.3, 0.4) is 0 Å². The van der Waals surface area contributed by atoms with Crippen LogP contribution in [0.1, 0.15) is 67.2 Å². The first-order valence-corrected chi connectivity index (χ1v) is 14.7. The smallest absolute Gasteiger partial charge is 0.0439 e. The summed E-state index contributed by atoms with van der Waals surface area (Å²) in [5.41, 5.74) is 11.1. The van der Waals surface area contributed by atoms with Gasteiger partial charge in [-0.2, -0.15) is 0 Å². The highest BCUT2D eigenvalue weighted by molar-refractivity contribution is 7.10. The Morgan fingerprint density at radius 1 is 0.703 bits per heavy atom. The summed E-state index contributed by atoms with van der Waals surface area (Å²) >= 11 is 1.86. The van der Waals surface area contributed by atoms with Crippen LogP contribution in [0.2, 0.25) is 0 Å². The lowest BCUT2D eigenvalue weighted by Gasteiger charge is -2.26. The maximum atomic E-state index is 2.42. The lowest BCUT2D eigenvalue weighted by Crippen LogP contribution is -2.22. The fourth-order valence-corrected chi connectivity index (χ4v) is 6.34. The first-order chi connectivity index (χ1) is 18.0. The van der Waals surface area contributed by atoms with E-state index in [2.05, 4.69) is 130 Å². The van der Waals surface area contributed by atoms with Crippen LogP contribution < -0.4 is 9.80 Å². The third-order valence-electron chi connectivity index (χ3n) is 7.64. The van der Waals surface area contributed by atoms with Gasteiger partial charge in [0, 0.05) is 48.3 Å². The van der Waals surface area contributed by atoms with Crippen molar-refractivity contribution < 1.29 is 0 Å². The van der Waals surface area contributed by atoms with Gasteiger partial charge in [-0.25, -0.2) is 0 Å². The van der Waals surface area contributed by atoms with Crippen molar-refractivity contribution in [3.05, 3.63) is 116 Å². The van der Waals surface area contributed by atoms with Crippen LogP contribution in [0, 0.1) is 13.8 Å². The predicted molar refractivity (Wildman–Crippen MR) is 165 cm³/mol. The number of nitrogens with zero attached hydrogens (tertiary/aromatic N) is 2. The Kier molecular flexibility index (Phi) is 9.10. The third-order valence-corrected chi connectivity index (χ3v) is 8.58. The summed E-state index contributed by atoms with van der Waals surface area (Å²) in [5.74, 6) is 0.279. The number of thiophene rings is 1. The molecule has 0 aliphatic heterocycles. The molecule has 2 aliphatic rings. The summed E-state index contributed by atoms with van der Waals surface area (Å²) < 4.78 is 0. The van der Waals surface area contributed by atoms with Crippen molar-refractivity contribution in [1.82, 2.24) is 0 Å². The van der Waals surface area contributed by atoms with Crippen LogP contribution in [0.15, 0.2) is 89.4 Å². The molecule has 0 amide bonds. The van der Waals surface area contributed by atoms with E-state index in [1.807, 2.05) is 11.3 Å². The summed E-state index contributed by atoms with van der Waals surface area (Å²) in [7, 11) is 0. The van der Waals surface area contributed by atoms with Crippen LogP contribution in [0.4, 0.5) is 11.4 Å². The second-order valence-electron chi connectivity index (χ2n) is 9.87. The number of rotatable bonds is 9. The highest BCUT2D eigenvalue weighted by Gasteiger charge is 2.22. The van der Waals surface area contributed by atoms with Crippen molar-refractivity contribution in [2.75, 3.05) is 36.0 Å². The molecule has 194 valence electrons. The summed E-state index contributed by atoms with van der Waals surface area (Å²) in [6, 6.07) is 18.5. The topological polar surface area (TPSA) is 6.48 Å². The highest BCUT2D eigenvalue weighted by atomic mass is 32.1. The van der Waals surface area contributed by atoms with E-state index < -0.39 is 0 Å². The average molecular weight is 511 g/mol. The molecule has 37 heavy (non-hydrogen) atoms. The minimum absolute atomic E-state index is 0.279. The minimum Gasteiger partial charge on any atom is -0.372 e. The summed E-state index contributed by atoms with van der Waals surface area (Å²) in [6.45, 7) is 17.6. The number of aryl methyl sites for hydroxylation is 2. The SMILES string of the molecule is C1=CC2=CC=C1C2.CCN(CC)c1ccc(C(c2cccs2)c2ccc(N(CC)CC)cc2C)c(C)c1. The standard InChI is InChI=1S/C27H36N2S.C7H6/c1-7-28(8-2)22-13-15-24(20(5)18-22)27(26-12-11-17-30-26)25-16-14-23(19-21(25)6)29(9-3)10-4;1-2-7-4-3-6(1)5-7/h11-19,27H,7-10H2,1-6H3;1-4H,5H2. The molecule has 5 rings (SSSR count). The molecule has 0 saturated heterocycles. The predicted octanol–water partition coefficient (Wildman–Crippen LogP) is 9.05. The van der Waals surface area contributed by atoms with Crippen molar-refractivity contribution >= 4 is 22.7 Å². The van der Waals surface area contributed by atoms with Gasteiger partial charge >= 0.3 is 0 Å². The Labute approximate surface area is 228 Å². The summed E-state index contributed by atoms with van der Waals surface area (Å²) in [6.07, 6.45) is 9.90. The molecule has 0 unspecified atom stereocenters. The van der Waals surface area contributed by atoms with Gasteiger partial charge in [0.2, 0.25) is 0 Å². The Bertz CT molecular complexity index is 1190. The number of benzene rings is 2. The maximum absolute atomic E-state index is 2.42. The zero-order chi connectivity index (χ0) is 26.4. The van der Waals surface area contributed by atoms with Crippen LogP contribution >= 0.6 is 11.3 Å². The molecule has 2 nitrogen and oxygen atoms in total. The van der Waals surface area contributed by atoms with Crippen LogP contribution in [0.5, 0.6) is 0 Å². The molecular formula is C34H42N2S. The van der Waals surface area contributed by atoms with Gasteiger partial charge in [0.05, 0.1) is 0 Å². The molecule has 1 heterocycles. The Morgan fingerprint density at radius 2 is 1.19 bits per heavy atom. The Hall–Kier alpha value is -3.04. The zero-order valence-corrected chi connectivity index (χ0v) is 24.2. The van der Waals surface area contributed by atoms with Crippen molar-refractivity contribution in [2.24, 2.45) is 0 Å². The quantitative estimate of drug-likeness (QED) is 0.283. The fraction of sp³-hybridized carbons (Fsp3) is 0.353. The first kappa shape index (κ1) is 27.0. The van der Waals surface area contributed by atoms with Gasteiger partial charge in [-0.1, -0.05) is 42.5 Å². The van der Waals surface area contributed by atoms with E-state index in [1.165, 1.54) is 56.1 Å². The summed E-state index contributed by atoms with van der Waals surface area (Å²) in [4.78, 5) is 6.25. The Balaban J connectivity index is 0.000000387. The Morgan fingerprint density at radius 3 is 1.49 bits per heavy atom. The van der Waals surface area contributed by atoms with Crippen molar-refractivity contribution in [3.63, 3.8) is 0 Å². The largest absolute Gasteiger partial charge is 0.372 e. The molecule has 0 fully saturated rings. The number of fused-ring (bicyclic) bond motifs is 2. The van der Waals surface area contributed by atoms with Gasteiger partial charge in [-0.15, -0.1) is 11.3 Å². The zero-order valence-electron chi connectivity index (χ0n) is 23.4. The van der Waals surface area contributed by atoms with E-state index in [-0.39, 0.29) is 5.92 Å². The average Bonchev–Trinajstić information content (AvgIpc) is 3.69. The van der Waals surface area contributed by atoms with E-state index in [9.17, 15) is 0 Å². The van der Waals surface area contributed by atoms with Gasteiger partial charge in [-0.3, -0.25) is 0 Å². The second kappa shape index (κ2) is 12.5. The fourth-order valence-electron chi connectivity index (χ4n) is 5.48. The molecule has 0 atom stereocenters. The van der Waals surface area contributed by atoms with Gasteiger partial charge in [-0.05, 0) is 117 Å². The molecule has 0 saturated carbocycles. The molecule has 2 bridgehead atoms. The highest BCUT2D eigenvalue weighted by Crippen LogP contribution is 2.39. The molecular weight excluding hydrogens is 468 g/mol. The second-order valence-corrected chi connectivity index (χ2v) is 10.8. The molecule has 2 aromatic carbocycles. The third kappa shape index (κ3) is 6.10. The molecule has 0 N–H and O–H groups in total. The minimum atomic E-state index is 0.279. The van der Waals surface area contributed by atoms with E-state index in [4.69, 9.17) is 0 Å². The molecule has 1 aromatic heterocycles. The number of hydrogen-bond acceptors (Lipinski definition) is 3. The van der Waals surface area contributed by atoms with E-state index >= 15 is 0 Å². The molecule has 3 aromatic rings. The van der Waals surface area contributed by atoms with Gasteiger partial charge in [0.15, 0.2) is 0 Å². The van der Waals surface area contributed by atoms with Crippen molar-refractivity contribution in [3.8, 4) is 0 Å². The monoisotopic (exact) mass is 510 g/mol.